The first kappa shape index (κ1) is 16.6. The lowest BCUT2D eigenvalue weighted by Gasteiger charge is -2.36. The van der Waals surface area contributed by atoms with Crippen molar-refractivity contribution in [2.75, 3.05) is 23.3 Å². The van der Waals surface area contributed by atoms with Crippen LogP contribution in [0.5, 0.6) is 0 Å². The normalized spacial score (nSPS) is 20.3. The molecule has 6 nitrogen and oxygen atoms in total. The Morgan fingerprint density at radius 1 is 1.15 bits per heavy atom. The molecule has 2 aromatic carbocycles. The second kappa shape index (κ2) is 6.80. The van der Waals surface area contributed by atoms with Gasteiger partial charge < -0.3 is 15.0 Å². The first-order valence-electron chi connectivity index (χ1n) is 8.84. The molecule has 2 heterocycles. The number of carbonyl (C=O) groups excluding carboxylic acids is 1. The van der Waals surface area contributed by atoms with E-state index in [0.717, 1.165) is 35.4 Å². The monoisotopic (exact) mass is 350 g/mol. The van der Waals surface area contributed by atoms with Crippen LogP contribution in [0.2, 0.25) is 0 Å². The van der Waals surface area contributed by atoms with E-state index in [1.54, 1.807) is 12.3 Å². The van der Waals surface area contributed by atoms with Gasteiger partial charge >= 0.3 is 0 Å². The van der Waals surface area contributed by atoms with Gasteiger partial charge in [0.25, 0.3) is 5.91 Å². The van der Waals surface area contributed by atoms with Gasteiger partial charge in [-0.25, -0.2) is 0 Å². The van der Waals surface area contributed by atoms with E-state index in [9.17, 15) is 4.79 Å². The van der Waals surface area contributed by atoms with E-state index < -0.39 is 0 Å². The van der Waals surface area contributed by atoms with Crippen LogP contribution in [-0.2, 0) is 4.74 Å². The van der Waals surface area contributed by atoms with E-state index in [-0.39, 0.29) is 18.1 Å². The third kappa shape index (κ3) is 3.28. The third-order valence-electron chi connectivity index (χ3n) is 4.63. The van der Waals surface area contributed by atoms with Crippen LogP contribution in [0.25, 0.3) is 10.9 Å². The van der Waals surface area contributed by atoms with Crippen molar-refractivity contribution in [3.8, 4) is 0 Å². The summed E-state index contributed by atoms with van der Waals surface area (Å²) in [6.07, 6.45) is 2.15. The van der Waals surface area contributed by atoms with Gasteiger partial charge in [0.1, 0.15) is 0 Å². The number of hydrogen-bond acceptors (Lipinski definition) is 4. The zero-order valence-electron chi connectivity index (χ0n) is 14.9. The number of nitrogens with one attached hydrogen (secondary N) is 2. The number of benzene rings is 2. The third-order valence-corrected chi connectivity index (χ3v) is 4.63. The lowest BCUT2D eigenvalue weighted by atomic mass is 10.1. The Bertz CT molecular complexity index is 909. The van der Waals surface area contributed by atoms with Gasteiger partial charge in [0, 0.05) is 29.9 Å². The lowest BCUT2D eigenvalue weighted by molar-refractivity contribution is -0.00521. The molecule has 2 N–H and O–H groups in total. The molecule has 134 valence electrons. The van der Waals surface area contributed by atoms with Gasteiger partial charge in [0.05, 0.1) is 29.5 Å². The number of para-hydroxylation sites is 1. The van der Waals surface area contributed by atoms with Gasteiger partial charge in [-0.15, -0.1) is 0 Å². The number of rotatable bonds is 3. The van der Waals surface area contributed by atoms with Crippen LogP contribution < -0.4 is 10.2 Å². The minimum atomic E-state index is -0.152. The van der Waals surface area contributed by atoms with Crippen molar-refractivity contribution in [1.82, 2.24) is 10.2 Å². The summed E-state index contributed by atoms with van der Waals surface area (Å²) < 4.78 is 5.78. The van der Waals surface area contributed by atoms with E-state index >= 15 is 0 Å². The first-order valence-corrected chi connectivity index (χ1v) is 8.84. The van der Waals surface area contributed by atoms with Crippen molar-refractivity contribution in [2.24, 2.45) is 0 Å². The Morgan fingerprint density at radius 2 is 1.88 bits per heavy atom. The van der Waals surface area contributed by atoms with Gasteiger partial charge in [-0.3, -0.25) is 9.89 Å². The molecule has 0 saturated carbocycles. The molecule has 1 aliphatic heterocycles. The number of morpholine rings is 1. The van der Waals surface area contributed by atoms with E-state index in [2.05, 4.69) is 34.3 Å². The van der Waals surface area contributed by atoms with Gasteiger partial charge in [0.15, 0.2) is 0 Å². The predicted molar refractivity (Wildman–Crippen MR) is 103 cm³/mol. The largest absolute Gasteiger partial charge is 0.372 e. The van der Waals surface area contributed by atoms with E-state index in [1.807, 2.05) is 36.4 Å². The van der Waals surface area contributed by atoms with Gasteiger partial charge in [-0.2, -0.15) is 5.10 Å². The van der Waals surface area contributed by atoms with Crippen molar-refractivity contribution in [1.29, 1.82) is 0 Å². The quantitative estimate of drug-likeness (QED) is 0.759. The number of hydrogen-bond donors (Lipinski definition) is 2. The molecule has 0 unspecified atom stereocenters. The molecular formula is C20H22N4O2. The van der Waals surface area contributed by atoms with Gasteiger partial charge in [-0.05, 0) is 44.2 Å². The van der Waals surface area contributed by atoms with Crippen LogP contribution in [0.4, 0.5) is 11.4 Å². The zero-order valence-corrected chi connectivity index (χ0v) is 14.9. The van der Waals surface area contributed by atoms with Crippen LogP contribution in [0.15, 0.2) is 48.7 Å². The Morgan fingerprint density at radius 3 is 2.62 bits per heavy atom. The fraction of sp³-hybridized carbons (Fsp3) is 0.300. The maximum atomic E-state index is 12.6. The number of aromatic nitrogens is 2. The highest BCUT2D eigenvalue weighted by atomic mass is 16.5. The van der Waals surface area contributed by atoms with Crippen LogP contribution in [-0.4, -0.2) is 41.4 Å². The summed E-state index contributed by atoms with van der Waals surface area (Å²) in [5.74, 6) is -0.152. The molecule has 0 spiro atoms. The Balaban J connectivity index is 1.49. The lowest BCUT2D eigenvalue weighted by Crippen LogP contribution is -2.45. The summed E-state index contributed by atoms with van der Waals surface area (Å²) in [6, 6.07) is 13.5. The van der Waals surface area contributed by atoms with Crippen molar-refractivity contribution in [2.45, 2.75) is 26.1 Å². The first-order chi connectivity index (χ1) is 12.6. The summed E-state index contributed by atoms with van der Waals surface area (Å²) in [5, 5.41) is 10.8. The number of ether oxygens (including phenoxy) is 1. The molecule has 1 aromatic heterocycles. The Labute approximate surface area is 152 Å². The standard InChI is InChI=1S/C20H22N4O2/c1-13-11-24(12-14(2)26-13)17-8-6-16(7-9-17)22-20(25)18-5-3-4-15-10-21-23-19(15)18/h3-10,13-14H,11-12H2,1-2H3,(H,21,23)(H,22,25)/t13-,14+. The molecular weight excluding hydrogens is 328 g/mol. The number of amides is 1. The number of H-pyrrole nitrogens is 1. The highest BCUT2D eigenvalue weighted by molar-refractivity contribution is 6.11. The summed E-state index contributed by atoms with van der Waals surface area (Å²) in [4.78, 5) is 14.9. The van der Waals surface area contributed by atoms with Crippen molar-refractivity contribution < 1.29 is 9.53 Å². The van der Waals surface area contributed by atoms with Crippen LogP contribution >= 0.6 is 0 Å². The molecule has 4 rings (SSSR count). The maximum absolute atomic E-state index is 12.6. The predicted octanol–water partition coefficient (Wildman–Crippen LogP) is 3.43. The van der Waals surface area contributed by atoms with Gasteiger partial charge in [-0.1, -0.05) is 12.1 Å². The van der Waals surface area contributed by atoms with E-state index in [0.29, 0.717) is 5.56 Å². The van der Waals surface area contributed by atoms with Gasteiger partial charge in [0.2, 0.25) is 0 Å². The molecule has 0 bridgehead atoms. The Hall–Kier alpha value is -2.86. The SMILES string of the molecule is C[C@@H]1CN(c2ccc(NC(=O)c3cccc4cn[nH]c34)cc2)C[C@H](C)O1. The highest BCUT2D eigenvalue weighted by Crippen LogP contribution is 2.23. The average Bonchev–Trinajstić information content (AvgIpc) is 3.10. The number of fused-ring (bicyclic) bond motifs is 1. The number of nitrogens with zero attached hydrogens (tertiary/aromatic N) is 2. The smallest absolute Gasteiger partial charge is 0.257 e. The highest BCUT2D eigenvalue weighted by Gasteiger charge is 2.22. The minimum absolute atomic E-state index is 0.152. The van der Waals surface area contributed by atoms with Crippen LogP contribution in [0.3, 0.4) is 0 Å². The number of carbonyl (C=O) groups is 1. The second-order valence-corrected chi connectivity index (χ2v) is 6.80. The molecule has 1 amide bonds. The Kier molecular flexibility index (Phi) is 4.34. The van der Waals surface area contributed by atoms with Crippen LogP contribution in [0.1, 0.15) is 24.2 Å². The molecule has 2 atom stereocenters. The van der Waals surface area contributed by atoms with Crippen molar-refractivity contribution >= 4 is 28.2 Å². The van der Waals surface area contributed by atoms with E-state index in [1.165, 1.54) is 0 Å². The molecule has 6 heteroatoms. The summed E-state index contributed by atoms with van der Waals surface area (Å²) in [6.45, 7) is 5.93. The molecule has 0 aliphatic carbocycles. The minimum Gasteiger partial charge on any atom is -0.372 e. The summed E-state index contributed by atoms with van der Waals surface area (Å²) >= 11 is 0. The maximum Gasteiger partial charge on any atom is 0.257 e. The molecule has 26 heavy (non-hydrogen) atoms. The fourth-order valence-electron chi connectivity index (χ4n) is 3.50. The number of aromatic amines is 1. The summed E-state index contributed by atoms with van der Waals surface area (Å²) in [5.41, 5.74) is 3.24. The average molecular weight is 350 g/mol. The fourth-order valence-corrected chi connectivity index (χ4v) is 3.50. The molecule has 1 aliphatic rings. The molecule has 3 aromatic rings. The summed E-state index contributed by atoms with van der Waals surface area (Å²) in [7, 11) is 0. The van der Waals surface area contributed by atoms with Crippen LogP contribution in [0, 0.1) is 0 Å². The zero-order chi connectivity index (χ0) is 18.1. The van der Waals surface area contributed by atoms with Crippen molar-refractivity contribution in [3.05, 3.63) is 54.2 Å². The topological polar surface area (TPSA) is 70.2 Å². The molecule has 1 saturated heterocycles. The van der Waals surface area contributed by atoms with E-state index in [4.69, 9.17) is 4.74 Å². The molecule has 1 fully saturated rings. The molecule has 0 radical (unpaired) electrons. The van der Waals surface area contributed by atoms with Crippen molar-refractivity contribution in [3.63, 3.8) is 0 Å². The second-order valence-electron chi connectivity index (χ2n) is 6.80. The number of anilines is 2.